The van der Waals surface area contributed by atoms with Crippen LogP contribution < -0.4 is 4.74 Å². The maximum absolute atomic E-state index is 5.62. The summed E-state index contributed by atoms with van der Waals surface area (Å²) in [5.74, 6) is 2.26. The zero-order valence-electron chi connectivity index (χ0n) is 18.3. The number of methoxy groups -OCH3 is 1. The van der Waals surface area contributed by atoms with E-state index in [2.05, 4.69) is 67.8 Å². The second-order valence-corrected chi connectivity index (χ2v) is 9.50. The van der Waals surface area contributed by atoms with Gasteiger partial charge in [0.2, 0.25) is 0 Å². The molecule has 1 saturated carbocycles. The second kappa shape index (κ2) is 6.93. The number of ether oxygens (including phenoxy) is 1. The first kappa shape index (κ1) is 18.8. The Morgan fingerprint density at radius 3 is 2.59 bits per heavy atom. The summed E-state index contributed by atoms with van der Waals surface area (Å²) in [5, 5.41) is 1.47. The number of benzene rings is 2. The minimum atomic E-state index is 0.358. The SMILES string of the molecule is CCCC(CCC)c1c2n(c3ccccc13)CC1(C)CC1c1cc(OC)ccc1-2. The van der Waals surface area contributed by atoms with Crippen LogP contribution in [0, 0.1) is 5.41 Å². The lowest BCUT2D eigenvalue weighted by molar-refractivity contribution is 0.414. The Labute approximate surface area is 174 Å². The van der Waals surface area contributed by atoms with Crippen molar-refractivity contribution in [1.29, 1.82) is 0 Å². The lowest BCUT2D eigenvalue weighted by Gasteiger charge is -2.20. The van der Waals surface area contributed by atoms with Crippen LogP contribution in [0.5, 0.6) is 5.75 Å². The third-order valence-electron chi connectivity index (χ3n) is 7.45. The Morgan fingerprint density at radius 1 is 1.10 bits per heavy atom. The average Bonchev–Trinajstić information content (AvgIpc) is 3.32. The van der Waals surface area contributed by atoms with Crippen molar-refractivity contribution in [3.63, 3.8) is 0 Å². The predicted octanol–water partition coefficient (Wildman–Crippen LogP) is 7.51. The van der Waals surface area contributed by atoms with Crippen molar-refractivity contribution < 1.29 is 4.74 Å². The van der Waals surface area contributed by atoms with Gasteiger partial charge in [0.05, 0.1) is 12.8 Å². The van der Waals surface area contributed by atoms with Crippen LogP contribution in [0.1, 0.15) is 75.8 Å². The molecular formula is C27H33NO. The van der Waals surface area contributed by atoms with E-state index in [1.807, 2.05) is 0 Å². The summed E-state index contributed by atoms with van der Waals surface area (Å²) >= 11 is 0. The van der Waals surface area contributed by atoms with Crippen molar-refractivity contribution in [2.75, 3.05) is 7.11 Å². The van der Waals surface area contributed by atoms with Crippen LogP contribution in [0.15, 0.2) is 42.5 Å². The van der Waals surface area contributed by atoms with E-state index < -0.39 is 0 Å². The average molecular weight is 388 g/mol. The first-order valence-corrected chi connectivity index (χ1v) is 11.4. The summed E-state index contributed by atoms with van der Waals surface area (Å²) in [6.07, 6.45) is 6.28. The summed E-state index contributed by atoms with van der Waals surface area (Å²) < 4.78 is 8.28. The lowest BCUT2D eigenvalue weighted by atomic mass is 9.85. The second-order valence-electron chi connectivity index (χ2n) is 9.50. The highest BCUT2D eigenvalue weighted by Crippen LogP contribution is 2.65. The molecule has 5 rings (SSSR count). The van der Waals surface area contributed by atoms with Gasteiger partial charge in [-0.1, -0.05) is 51.8 Å². The van der Waals surface area contributed by atoms with Gasteiger partial charge in [-0.15, -0.1) is 0 Å². The summed E-state index contributed by atoms with van der Waals surface area (Å²) in [5.41, 5.74) is 7.81. The van der Waals surface area contributed by atoms with Crippen LogP contribution in [0.3, 0.4) is 0 Å². The third kappa shape index (κ3) is 2.83. The quantitative estimate of drug-likeness (QED) is 0.427. The van der Waals surface area contributed by atoms with Crippen molar-refractivity contribution in [2.24, 2.45) is 5.41 Å². The van der Waals surface area contributed by atoms with E-state index in [4.69, 9.17) is 4.74 Å². The van der Waals surface area contributed by atoms with Crippen molar-refractivity contribution in [3.05, 3.63) is 53.6 Å². The number of hydrogen-bond donors (Lipinski definition) is 0. The molecule has 1 fully saturated rings. The standard InChI is InChI=1S/C27H33NO/c1-5-9-18(10-6-2)25-21-11-7-8-12-24(21)28-17-27(3)16-23(27)22-15-19(29-4)13-14-20(22)26(25)28/h7-8,11-15,18,23H,5-6,9-10,16-17H2,1-4H3. The highest BCUT2D eigenvalue weighted by molar-refractivity contribution is 5.94. The van der Waals surface area contributed by atoms with Crippen LogP contribution in [0.4, 0.5) is 0 Å². The Kier molecular flexibility index (Phi) is 4.49. The van der Waals surface area contributed by atoms with Gasteiger partial charge < -0.3 is 9.30 Å². The van der Waals surface area contributed by atoms with Gasteiger partial charge in [0.1, 0.15) is 5.75 Å². The van der Waals surface area contributed by atoms with Crippen molar-refractivity contribution in [2.45, 2.75) is 71.3 Å². The molecule has 29 heavy (non-hydrogen) atoms. The molecule has 2 nitrogen and oxygen atoms in total. The summed E-state index contributed by atoms with van der Waals surface area (Å²) in [6.45, 7) is 8.25. The summed E-state index contributed by atoms with van der Waals surface area (Å²) in [6, 6.07) is 15.9. The monoisotopic (exact) mass is 387 g/mol. The first-order valence-electron chi connectivity index (χ1n) is 11.4. The van der Waals surface area contributed by atoms with E-state index in [0.29, 0.717) is 17.3 Å². The fourth-order valence-electron chi connectivity index (χ4n) is 5.93. The highest BCUT2D eigenvalue weighted by Gasteiger charge is 2.54. The van der Waals surface area contributed by atoms with E-state index in [9.17, 15) is 0 Å². The van der Waals surface area contributed by atoms with Crippen LogP contribution in [-0.4, -0.2) is 11.7 Å². The molecule has 152 valence electrons. The van der Waals surface area contributed by atoms with E-state index in [0.717, 1.165) is 12.3 Å². The molecule has 0 bridgehead atoms. The number of rotatable bonds is 6. The van der Waals surface area contributed by atoms with Crippen LogP contribution in [0.25, 0.3) is 22.2 Å². The Balaban J connectivity index is 1.84. The molecule has 2 heteroatoms. The fourth-order valence-corrected chi connectivity index (χ4v) is 5.93. The summed E-state index contributed by atoms with van der Waals surface area (Å²) in [4.78, 5) is 0. The molecule has 0 radical (unpaired) electrons. The zero-order chi connectivity index (χ0) is 20.2. The molecule has 2 unspecified atom stereocenters. The number of hydrogen-bond acceptors (Lipinski definition) is 1. The van der Waals surface area contributed by atoms with Crippen molar-refractivity contribution in [3.8, 4) is 17.0 Å². The molecule has 0 spiro atoms. The normalized spacial score (nSPS) is 22.2. The minimum absolute atomic E-state index is 0.358. The number of fused-ring (bicyclic) bond motifs is 7. The topological polar surface area (TPSA) is 14.2 Å². The molecule has 1 aromatic heterocycles. The van der Waals surface area contributed by atoms with Gasteiger partial charge in [0.15, 0.2) is 0 Å². The van der Waals surface area contributed by atoms with Crippen molar-refractivity contribution in [1.82, 2.24) is 4.57 Å². The largest absolute Gasteiger partial charge is 0.497 e. The zero-order valence-corrected chi connectivity index (χ0v) is 18.3. The number of aromatic nitrogens is 1. The molecule has 1 aliphatic carbocycles. The fraction of sp³-hybridized carbons (Fsp3) is 0.481. The van der Waals surface area contributed by atoms with Gasteiger partial charge in [0, 0.05) is 23.0 Å². The Morgan fingerprint density at radius 2 is 1.86 bits per heavy atom. The number of nitrogens with zero attached hydrogens (tertiary/aromatic N) is 1. The molecule has 0 amide bonds. The van der Waals surface area contributed by atoms with Gasteiger partial charge in [-0.05, 0) is 71.9 Å². The Hall–Kier alpha value is -2.22. The maximum atomic E-state index is 5.62. The van der Waals surface area contributed by atoms with E-state index >= 15 is 0 Å². The molecule has 0 saturated heterocycles. The predicted molar refractivity (Wildman–Crippen MR) is 122 cm³/mol. The van der Waals surface area contributed by atoms with Gasteiger partial charge in [-0.3, -0.25) is 0 Å². The minimum Gasteiger partial charge on any atom is -0.497 e. The molecule has 2 aliphatic rings. The molecule has 2 atom stereocenters. The molecule has 1 aliphatic heterocycles. The molecule has 3 aromatic rings. The van der Waals surface area contributed by atoms with Gasteiger partial charge in [0.25, 0.3) is 0 Å². The van der Waals surface area contributed by atoms with Crippen LogP contribution >= 0.6 is 0 Å². The van der Waals surface area contributed by atoms with Crippen LogP contribution in [-0.2, 0) is 6.54 Å². The maximum Gasteiger partial charge on any atom is 0.119 e. The number of para-hydroxylation sites is 1. The molecule has 2 heterocycles. The van der Waals surface area contributed by atoms with Gasteiger partial charge in [-0.2, -0.15) is 0 Å². The molecule has 2 aromatic carbocycles. The van der Waals surface area contributed by atoms with Crippen LogP contribution in [0.2, 0.25) is 0 Å². The van der Waals surface area contributed by atoms with E-state index in [-0.39, 0.29) is 0 Å². The third-order valence-corrected chi connectivity index (χ3v) is 7.45. The smallest absolute Gasteiger partial charge is 0.119 e. The Bertz CT molecular complexity index is 1060. The van der Waals surface area contributed by atoms with E-state index in [1.54, 1.807) is 12.7 Å². The molecule has 0 N–H and O–H groups in total. The summed E-state index contributed by atoms with van der Waals surface area (Å²) in [7, 11) is 1.78. The van der Waals surface area contributed by atoms with Gasteiger partial charge >= 0.3 is 0 Å². The van der Waals surface area contributed by atoms with Crippen molar-refractivity contribution >= 4 is 10.9 Å². The highest BCUT2D eigenvalue weighted by atomic mass is 16.5. The lowest BCUT2D eigenvalue weighted by Crippen LogP contribution is -2.09. The van der Waals surface area contributed by atoms with Gasteiger partial charge in [-0.25, -0.2) is 0 Å². The molecular weight excluding hydrogens is 354 g/mol. The first-order chi connectivity index (χ1) is 14.1. The van der Waals surface area contributed by atoms with E-state index in [1.165, 1.54) is 59.8 Å².